The van der Waals surface area contributed by atoms with E-state index in [2.05, 4.69) is 44.9 Å². The number of hydrogen-bond donors (Lipinski definition) is 2. The predicted molar refractivity (Wildman–Crippen MR) is 97.9 cm³/mol. The third-order valence-electron chi connectivity index (χ3n) is 3.34. The molecular weight excluding hydrogens is 342 g/mol. The van der Waals surface area contributed by atoms with Crippen molar-refractivity contribution in [1.29, 1.82) is 0 Å². The molecule has 0 saturated carbocycles. The lowest BCUT2D eigenvalue weighted by Gasteiger charge is -2.10. The van der Waals surface area contributed by atoms with Crippen molar-refractivity contribution < 1.29 is 4.92 Å². The molecule has 0 radical (unpaired) electrons. The Labute approximate surface area is 150 Å². The van der Waals surface area contributed by atoms with E-state index < -0.39 is 4.92 Å². The standard InChI is InChI=1S/C15H23N7O2S/c1-4-16-15(18-8-14-20-13(10-25-14)11(2)3)17-5-6-21-9-12(7-19-21)22(23)24/h7,9-11H,4-6,8H2,1-3H3,(H2,16,17,18). The number of nitro groups is 1. The second-order valence-electron chi connectivity index (χ2n) is 5.66. The van der Waals surface area contributed by atoms with Crippen molar-refractivity contribution in [3.63, 3.8) is 0 Å². The molecule has 2 heterocycles. The molecule has 2 rings (SSSR count). The first-order valence-corrected chi connectivity index (χ1v) is 9.01. The molecule has 0 spiro atoms. The Morgan fingerprint density at radius 2 is 2.28 bits per heavy atom. The summed E-state index contributed by atoms with van der Waals surface area (Å²) in [6.45, 7) is 8.55. The van der Waals surface area contributed by atoms with E-state index in [1.165, 1.54) is 17.1 Å². The van der Waals surface area contributed by atoms with E-state index in [-0.39, 0.29) is 5.69 Å². The van der Waals surface area contributed by atoms with Crippen molar-refractivity contribution in [1.82, 2.24) is 25.4 Å². The van der Waals surface area contributed by atoms with Crippen LogP contribution < -0.4 is 10.6 Å². The molecule has 10 heteroatoms. The fourth-order valence-electron chi connectivity index (χ4n) is 2.01. The fourth-order valence-corrected chi connectivity index (χ4v) is 2.89. The average Bonchev–Trinajstić information content (AvgIpc) is 3.22. The largest absolute Gasteiger partial charge is 0.357 e. The number of rotatable bonds is 8. The van der Waals surface area contributed by atoms with Gasteiger partial charge in [-0.1, -0.05) is 13.8 Å². The van der Waals surface area contributed by atoms with Crippen LogP contribution in [0, 0.1) is 10.1 Å². The van der Waals surface area contributed by atoms with Gasteiger partial charge in [-0.25, -0.2) is 9.98 Å². The Kier molecular flexibility index (Phi) is 6.87. The molecule has 0 aromatic carbocycles. The van der Waals surface area contributed by atoms with Crippen LogP contribution in [0.25, 0.3) is 0 Å². The van der Waals surface area contributed by atoms with Crippen molar-refractivity contribution in [3.8, 4) is 0 Å². The summed E-state index contributed by atoms with van der Waals surface area (Å²) >= 11 is 1.61. The van der Waals surface area contributed by atoms with Crippen molar-refractivity contribution in [2.75, 3.05) is 13.1 Å². The van der Waals surface area contributed by atoms with Crippen LogP contribution in [0.3, 0.4) is 0 Å². The van der Waals surface area contributed by atoms with Gasteiger partial charge in [0.25, 0.3) is 0 Å². The van der Waals surface area contributed by atoms with E-state index in [1.807, 2.05) is 6.92 Å². The highest BCUT2D eigenvalue weighted by atomic mass is 32.1. The first kappa shape index (κ1) is 18.8. The number of guanidine groups is 1. The first-order valence-electron chi connectivity index (χ1n) is 8.13. The monoisotopic (exact) mass is 365 g/mol. The lowest BCUT2D eigenvalue weighted by Crippen LogP contribution is -2.38. The molecule has 136 valence electrons. The lowest BCUT2D eigenvalue weighted by atomic mass is 10.2. The van der Waals surface area contributed by atoms with Gasteiger partial charge < -0.3 is 10.6 Å². The zero-order valence-corrected chi connectivity index (χ0v) is 15.4. The van der Waals surface area contributed by atoms with Gasteiger partial charge in [-0.2, -0.15) is 5.10 Å². The maximum absolute atomic E-state index is 10.6. The van der Waals surface area contributed by atoms with Gasteiger partial charge in [-0.05, 0) is 12.8 Å². The Morgan fingerprint density at radius 1 is 1.48 bits per heavy atom. The van der Waals surface area contributed by atoms with Crippen LogP contribution in [0.5, 0.6) is 0 Å². The fraction of sp³-hybridized carbons (Fsp3) is 0.533. The number of thiazole rings is 1. The second-order valence-corrected chi connectivity index (χ2v) is 6.60. The van der Waals surface area contributed by atoms with Gasteiger partial charge >= 0.3 is 5.69 Å². The van der Waals surface area contributed by atoms with Gasteiger partial charge in [0.1, 0.15) is 17.4 Å². The van der Waals surface area contributed by atoms with Gasteiger partial charge in [0.2, 0.25) is 0 Å². The molecule has 0 unspecified atom stereocenters. The quantitative estimate of drug-likeness (QED) is 0.321. The van der Waals surface area contributed by atoms with Crippen molar-refractivity contribution in [3.05, 3.63) is 38.6 Å². The molecule has 2 aromatic heterocycles. The summed E-state index contributed by atoms with van der Waals surface area (Å²) in [7, 11) is 0. The van der Waals surface area contributed by atoms with Crippen molar-refractivity contribution >= 4 is 23.0 Å². The Balaban J connectivity index is 1.87. The van der Waals surface area contributed by atoms with Crippen LogP contribution >= 0.6 is 11.3 Å². The van der Waals surface area contributed by atoms with E-state index >= 15 is 0 Å². The first-order chi connectivity index (χ1) is 12.0. The van der Waals surface area contributed by atoms with E-state index in [4.69, 9.17) is 0 Å². The number of hydrogen-bond acceptors (Lipinski definition) is 6. The zero-order chi connectivity index (χ0) is 18.2. The molecule has 0 aliphatic carbocycles. The molecule has 0 saturated heterocycles. The van der Waals surface area contributed by atoms with Gasteiger partial charge in [0.15, 0.2) is 5.96 Å². The molecule has 0 aliphatic heterocycles. The van der Waals surface area contributed by atoms with E-state index in [0.29, 0.717) is 31.5 Å². The smallest absolute Gasteiger partial charge is 0.306 e. The third-order valence-corrected chi connectivity index (χ3v) is 4.19. The zero-order valence-electron chi connectivity index (χ0n) is 14.6. The Bertz CT molecular complexity index is 723. The number of aliphatic imine (C=N–C) groups is 1. The maximum Gasteiger partial charge on any atom is 0.306 e. The van der Waals surface area contributed by atoms with Crippen LogP contribution in [-0.2, 0) is 13.1 Å². The van der Waals surface area contributed by atoms with E-state index in [0.717, 1.165) is 17.2 Å². The number of nitrogens with one attached hydrogen (secondary N) is 2. The van der Waals surface area contributed by atoms with Gasteiger partial charge in [-0.3, -0.25) is 14.8 Å². The summed E-state index contributed by atoms with van der Waals surface area (Å²) in [4.78, 5) is 19.3. The van der Waals surface area contributed by atoms with E-state index in [9.17, 15) is 10.1 Å². The molecule has 0 fully saturated rings. The minimum Gasteiger partial charge on any atom is -0.357 e. The maximum atomic E-state index is 10.6. The molecule has 25 heavy (non-hydrogen) atoms. The summed E-state index contributed by atoms with van der Waals surface area (Å²) in [6, 6.07) is 0. The van der Waals surface area contributed by atoms with Crippen LogP contribution in [0.1, 0.15) is 37.4 Å². The summed E-state index contributed by atoms with van der Waals surface area (Å²) in [5.74, 6) is 1.10. The molecule has 0 aliphatic rings. The number of nitrogens with zero attached hydrogens (tertiary/aromatic N) is 5. The third kappa shape index (κ3) is 5.82. The van der Waals surface area contributed by atoms with E-state index in [1.54, 1.807) is 11.3 Å². The second kappa shape index (κ2) is 9.11. The molecule has 0 atom stereocenters. The van der Waals surface area contributed by atoms with Crippen LogP contribution in [0.15, 0.2) is 22.8 Å². The highest BCUT2D eigenvalue weighted by Gasteiger charge is 2.09. The molecule has 0 bridgehead atoms. The summed E-state index contributed by atoms with van der Waals surface area (Å²) in [6.07, 6.45) is 2.66. The minimum absolute atomic E-state index is 0.00898. The molecule has 2 aromatic rings. The van der Waals surface area contributed by atoms with Gasteiger partial charge in [-0.15, -0.1) is 11.3 Å². The topological polar surface area (TPSA) is 110 Å². The highest BCUT2D eigenvalue weighted by molar-refractivity contribution is 7.09. The SMILES string of the molecule is CCNC(=NCc1nc(C(C)C)cs1)NCCn1cc([N+](=O)[O-])cn1. The number of aromatic nitrogens is 3. The predicted octanol–water partition coefficient (Wildman–Crippen LogP) is 2.13. The molecule has 2 N–H and O–H groups in total. The lowest BCUT2D eigenvalue weighted by molar-refractivity contribution is -0.385. The van der Waals surface area contributed by atoms with Crippen molar-refractivity contribution in [2.45, 2.75) is 39.8 Å². The Hall–Kier alpha value is -2.49. The summed E-state index contributed by atoms with van der Waals surface area (Å²) in [5.41, 5.74) is 1.08. The van der Waals surface area contributed by atoms with Gasteiger partial charge in [0.05, 0.1) is 23.7 Å². The van der Waals surface area contributed by atoms with Gasteiger partial charge in [0, 0.05) is 18.5 Å². The van der Waals surface area contributed by atoms with Crippen molar-refractivity contribution in [2.24, 2.45) is 4.99 Å². The van der Waals surface area contributed by atoms with Crippen LogP contribution in [0.2, 0.25) is 0 Å². The molecule has 9 nitrogen and oxygen atoms in total. The van der Waals surface area contributed by atoms with Crippen LogP contribution in [0.4, 0.5) is 5.69 Å². The molecular formula is C15H23N7O2S. The van der Waals surface area contributed by atoms with Crippen LogP contribution in [-0.4, -0.2) is 38.7 Å². The summed E-state index contributed by atoms with van der Waals surface area (Å²) < 4.78 is 1.53. The minimum atomic E-state index is -0.456. The summed E-state index contributed by atoms with van der Waals surface area (Å²) in [5, 5.41) is 24.0. The normalized spacial score (nSPS) is 11.8. The average molecular weight is 365 g/mol. The highest BCUT2D eigenvalue weighted by Crippen LogP contribution is 2.18. The Morgan fingerprint density at radius 3 is 2.88 bits per heavy atom. The molecule has 0 amide bonds.